The standard InChI is InChI=1S/C15H16F5NOS2/c1-11(12-6-8-14(9-7-12)23(2)22)21-13-4-3-5-15(10-13)24(16,17,18,19)20/h3-11,21H,1-2H3. The predicted molar refractivity (Wildman–Crippen MR) is 88.7 cm³/mol. The Balaban J connectivity index is 2.24. The average Bonchev–Trinajstić information content (AvgIpc) is 2.45. The van der Waals surface area contributed by atoms with Gasteiger partial charge in [0.2, 0.25) is 0 Å². The highest BCUT2D eigenvalue weighted by Crippen LogP contribution is 3.02. The Hall–Kier alpha value is -1.61. The van der Waals surface area contributed by atoms with Gasteiger partial charge in [0.05, 0.1) is 0 Å². The highest BCUT2D eigenvalue weighted by atomic mass is 32.5. The van der Waals surface area contributed by atoms with Crippen LogP contribution < -0.4 is 5.32 Å². The number of rotatable bonds is 5. The van der Waals surface area contributed by atoms with E-state index < -0.39 is 32.0 Å². The molecule has 0 fully saturated rings. The van der Waals surface area contributed by atoms with Gasteiger partial charge in [0, 0.05) is 33.7 Å². The molecule has 2 aromatic carbocycles. The van der Waals surface area contributed by atoms with Gasteiger partial charge < -0.3 is 5.32 Å². The number of hydrogen-bond donors (Lipinski definition) is 1. The van der Waals surface area contributed by atoms with Gasteiger partial charge in [-0.25, -0.2) is 0 Å². The fraction of sp³-hybridized carbons (Fsp3) is 0.200. The number of benzene rings is 2. The van der Waals surface area contributed by atoms with E-state index in [-0.39, 0.29) is 5.69 Å². The van der Waals surface area contributed by atoms with Gasteiger partial charge in [0.1, 0.15) is 4.90 Å². The van der Waals surface area contributed by atoms with E-state index in [0.717, 1.165) is 11.6 Å². The van der Waals surface area contributed by atoms with Crippen LogP contribution in [0.4, 0.5) is 25.1 Å². The third-order valence-electron chi connectivity index (χ3n) is 3.37. The van der Waals surface area contributed by atoms with Crippen LogP contribution in [0.5, 0.6) is 0 Å². The first-order chi connectivity index (χ1) is 10.8. The second kappa shape index (κ2) is 5.45. The summed E-state index contributed by atoms with van der Waals surface area (Å²) in [7, 11) is -10.8. The lowest BCUT2D eigenvalue weighted by atomic mass is 10.1. The van der Waals surface area contributed by atoms with Crippen LogP contribution in [-0.4, -0.2) is 10.5 Å². The molecule has 0 saturated heterocycles. The van der Waals surface area contributed by atoms with Crippen molar-refractivity contribution in [2.45, 2.75) is 22.8 Å². The SMILES string of the molecule is CC(Nc1cccc(S(F)(F)(F)(F)F)c1)c1ccc(S(C)=O)cc1. The van der Waals surface area contributed by atoms with E-state index >= 15 is 0 Å². The third-order valence-corrected chi connectivity index (χ3v) is 5.46. The van der Waals surface area contributed by atoms with Gasteiger partial charge in [-0.2, -0.15) is 0 Å². The van der Waals surface area contributed by atoms with Crippen LogP contribution in [0.15, 0.2) is 58.3 Å². The molecule has 0 spiro atoms. The maximum absolute atomic E-state index is 12.9. The van der Waals surface area contributed by atoms with E-state index in [1.165, 1.54) is 12.3 Å². The maximum atomic E-state index is 12.9. The zero-order valence-corrected chi connectivity index (χ0v) is 14.4. The van der Waals surface area contributed by atoms with Crippen molar-refractivity contribution in [3.05, 3.63) is 54.1 Å². The predicted octanol–water partition coefficient (Wildman–Crippen LogP) is 6.25. The lowest BCUT2D eigenvalue weighted by molar-refractivity contribution is 0.364. The van der Waals surface area contributed by atoms with Crippen LogP contribution in [0.25, 0.3) is 0 Å². The first-order valence-electron chi connectivity index (χ1n) is 6.80. The molecule has 0 heterocycles. The minimum absolute atomic E-state index is 0.0589. The van der Waals surface area contributed by atoms with Gasteiger partial charge in [0.15, 0.2) is 0 Å². The van der Waals surface area contributed by atoms with Crippen molar-refractivity contribution < 1.29 is 23.6 Å². The Morgan fingerprint density at radius 1 is 1.00 bits per heavy atom. The molecule has 0 aliphatic carbocycles. The zero-order chi connectivity index (χ0) is 18.2. The van der Waals surface area contributed by atoms with Gasteiger partial charge in [-0.05, 0) is 42.8 Å². The minimum Gasteiger partial charge on any atom is -0.378 e. The van der Waals surface area contributed by atoms with Crippen molar-refractivity contribution in [3.8, 4) is 0 Å². The average molecular weight is 385 g/mol. The van der Waals surface area contributed by atoms with Crippen LogP contribution >= 0.6 is 10.2 Å². The molecule has 2 rings (SSSR count). The summed E-state index contributed by atoms with van der Waals surface area (Å²) >= 11 is 0. The van der Waals surface area contributed by atoms with Gasteiger partial charge in [-0.3, -0.25) is 4.21 Å². The molecule has 2 unspecified atom stereocenters. The summed E-state index contributed by atoms with van der Waals surface area (Å²) in [5.41, 5.74) is 0.665. The summed E-state index contributed by atoms with van der Waals surface area (Å²) in [6.07, 6.45) is 1.53. The molecule has 9 heteroatoms. The summed E-state index contributed by atoms with van der Waals surface area (Å²) in [5, 5.41) is 2.76. The summed E-state index contributed by atoms with van der Waals surface area (Å²) < 4.78 is 75.6. The molecule has 2 atom stereocenters. The number of anilines is 1. The Morgan fingerprint density at radius 3 is 2.08 bits per heavy atom. The van der Waals surface area contributed by atoms with Gasteiger partial charge in [0.25, 0.3) is 0 Å². The van der Waals surface area contributed by atoms with E-state index in [2.05, 4.69) is 5.32 Å². The number of nitrogens with one attached hydrogen (secondary N) is 1. The summed E-state index contributed by atoms with van der Waals surface area (Å²) in [4.78, 5) is -1.31. The number of halogens is 5. The van der Waals surface area contributed by atoms with E-state index in [1.54, 1.807) is 31.2 Å². The van der Waals surface area contributed by atoms with Crippen LogP contribution in [0, 0.1) is 0 Å². The second-order valence-electron chi connectivity index (χ2n) is 5.39. The molecule has 2 aromatic rings. The smallest absolute Gasteiger partial charge is 0.310 e. The van der Waals surface area contributed by atoms with Crippen molar-refractivity contribution >= 4 is 26.7 Å². The molecule has 0 bridgehead atoms. The summed E-state index contributed by atoms with van der Waals surface area (Å²) in [6.45, 7) is 1.68. The molecule has 0 amide bonds. The quantitative estimate of drug-likeness (QED) is 0.616. The van der Waals surface area contributed by atoms with Crippen LogP contribution in [0.1, 0.15) is 18.5 Å². The fourth-order valence-electron chi connectivity index (χ4n) is 2.11. The Bertz CT molecular complexity index is 775. The van der Waals surface area contributed by atoms with Gasteiger partial charge in [-0.15, -0.1) is 0 Å². The molecular weight excluding hydrogens is 369 g/mol. The van der Waals surface area contributed by atoms with E-state index in [9.17, 15) is 23.6 Å². The van der Waals surface area contributed by atoms with E-state index in [0.29, 0.717) is 17.0 Å². The van der Waals surface area contributed by atoms with Gasteiger partial charge in [-0.1, -0.05) is 37.6 Å². The molecule has 0 aliphatic rings. The molecule has 1 N–H and O–H groups in total. The molecule has 0 aliphatic heterocycles. The van der Waals surface area contributed by atoms with Crippen molar-refractivity contribution in [2.75, 3.05) is 11.6 Å². The molecule has 0 aromatic heterocycles. The molecule has 0 saturated carbocycles. The molecular formula is C15H16F5NOS2. The van der Waals surface area contributed by atoms with Crippen LogP contribution in [0.2, 0.25) is 0 Å². The van der Waals surface area contributed by atoms with Crippen molar-refractivity contribution in [2.24, 2.45) is 0 Å². The second-order valence-corrected chi connectivity index (χ2v) is 9.17. The topological polar surface area (TPSA) is 29.1 Å². The monoisotopic (exact) mass is 385 g/mol. The van der Waals surface area contributed by atoms with Crippen LogP contribution in [0.3, 0.4) is 0 Å². The summed E-state index contributed by atoms with van der Waals surface area (Å²) in [6, 6.07) is 9.24. The van der Waals surface area contributed by atoms with Crippen molar-refractivity contribution in [1.29, 1.82) is 0 Å². The highest BCUT2D eigenvalue weighted by molar-refractivity contribution is 8.45. The molecule has 134 valence electrons. The summed E-state index contributed by atoms with van der Waals surface area (Å²) in [5.74, 6) is 0. The maximum Gasteiger partial charge on any atom is 0.310 e. The molecule has 2 nitrogen and oxygen atoms in total. The first-order valence-corrected chi connectivity index (χ1v) is 10.3. The fourth-order valence-corrected chi connectivity index (χ4v) is 3.31. The molecule has 0 radical (unpaired) electrons. The Morgan fingerprint density at radius 2 is 1.58 bits per heavy atom. The molecule has 24 heavy (non-hydrogen) atoms. The largest absolute Gasteiger partial charge is 0.378 e. The minimum atomic E-state index is -9.70. The normalized spacial score (nSPS) is 17.5. The van der Waals surface area contributed by atoms with Crippen LogP contribution in [-0.2, 0) is 10.8 Å². The first kappa shape index (κ1) is 18.7. The van der Waals surface area contributed by atoms with Crippen molar-refractivity contribution in [1.82, 2.24) is 0 Å². The van der Waals surface area contributed by atoms with Crippen molar-refractivity contribution in [3.63, 3.8) is 0 Å². The van der Waals surface area contributed by atoms with E-state index in [4.69, 9.17) is 0 Å². The zero-order valence-electron chi connectivity index (χ0n) is 12.8. The highest BCUT2D eigenvalue weighted by Gasteiger charge is 2.65. The third kappa shape index (κ3) is 4.70. The van der Waals surface area contributed by atoms with E-state index in [1.807, 2.05) is 0 Å². The lowest BCUT2D eigenvalue weighted by Crippen LogP contribution is -2.09. The Kier molecular flexibility index (Phi) is 4.25. The number of hydrogen-bond acceptors (Lipinski definition) is 2. The van der Waals surface area contributed by atoms with Gasteiger partial charge >= 0.3 is 10.2 Å². The lowest BCUT2D eigenvalue weighted by Gasteiger charge is -2.40. The Labute approximate surface area is 139 Å².